The van der Waals surface area contributed by atoms with Crippen LogP contribution in [0.2, 0.25) is 5.02 Å². The second kappa shape index (κ2) is 16.9. The molecule has 0 aliphatic carbocycles. The van der Waals surface area contributed by atoms with Crippen LogP contribution in [-0.2, 0) is 28.1 Å². The van der Waals surface area contributed by atoms with Crippen LogP contribution in [0.4, 0.5) is 0 Å². The molecule has 48 heavy (non-hydrogen) atoms. The number of carbonyl (C=O) groups excluding carboxylic acids is 2. The number of nitrogens with one attached hydrogen (secondary N) is 2. The lowest BCUT2D eigenvalue weighted by Crippen LogP contribution is -2.56. The minimum atomic E-state index is -0.633. The minimum absolute atomic E-state index is 0.0120. The van der Waals surface area contributed by atoms with Gasteiger partial charge in [-0.05, 0) is 74.6 Å². The molecule has 0 saturated carbocycles. The van der Waals surface area contributed by atoms with E-state index in [-0.39, 0.29) is 24.3 Å². The van der Waals surface area contributed by atoms with Crippen LogP contribution < -0.4 is 10.6 Å². The van der Waals surface area contributed by atoms with Gasteiger partial charge in [0, 0.05) is 62.2 Å². The molecule has 7 nitrogen and oxygen atoms in total. The molecule has 3 aromatic rings. The number of halogens is 1. The van der Waals surface area contributed by atoms with Crippen molar-refractivity contribution in [1.82, 2.24) is 25.3 Å². The van der Waals surface area contributed by atoms with Crippen molar-refractivity contribution in [3.8, 4) is 0 Å². The fourth-order valence-corrected chi connectivity index (χ4v) is 7.71. The Labute approximate surface area is 293 Å². The van der Waals surface area contributed by atoms with E-state index in [0.29, 0.717) is 19.5 Å². The molecule has 0 aromatic heterocycles. The molecule has 2 N–H and O–H groups in total. The highest BCUT2D eigenvalue weighted by atomic mass is 35.5. The number of amides is 2. The summed E-state index contributed by atoms with van der Waals surface area (Å²) >= 11 is 6.76. The first-order valence-electron chi connectivity index (χ1n) is 17.9. The Balaban J connectivity index is 1.25. The smallest absolute Gasteiger partial charge is 0.245 e. The van der Waals surface area contributed by atoms with Crippen LogP contribution in [0.3, 0.4) is 0 Å². The van der Waals surface area contributed by atoms with E-state index in [0.717, 1.165) is 74.7 Å². The van der Waals surface area contributed by atoms with E-state index in [1.807, 2.05) is 29.2 Å². The standard InChI is InChI=1S/C40H54ClN5O2/c1-5-44(6-2)22-12-11-17-37(33-14-8-10-16-35(33)41)45-23-25-46(26-24-45)39(48)36(27-31-20-18-30(3)19-21-31)43-38(47)28-40(4)34-15-9-7-13-32(34)29-42-40/h7-10,13-16,18-21,36-37,42H,5-6,11-12,17,22-29H2,1-4H3,(H,43,47)/t36-,37?,40?/m1/s1. The number of rotatable bonds is 15. The topological polar surface area (TPSA) is 67.9 Å². The van der Waals surface area contributed by atoms with Gasteiger partial charge in [-0.25, -0.2) is 0 Å². The van der Waals surface area contributed by atoms with Crippen molar-refractivity contribution < 1.29 is 9.59 Å². The molecule has 258 valence electrons. The van der Waals surface area contributed by atoms with Crippen LogP contribution in [0.25, 0.3) is 0 Å². The lowest BCUT2D eigenvalue weighted by Gasteiger charge is -2.41. The molecular formula is C40H54ClN5O2. The number of unbranched alkanes of at least 4 members (excludes halogenated alkanes) is 1. The molecule has 2 aliphatic heterocycles. The maximum atomic E-state index is 14.2. The zero-order valence-electron chi connectivity index (χ0n) is 29.3. The third kappa shape index (κ3) is 9.06. The summed E-state index contributed by atoms with van der Waals surface area (Å²) in [7, 11) is 0. The molecule has 5 rings (SSSR count). The summed E-state index contributed by atoms with van der Waals surface area (Å²) in [6.07, 6.45) is 4.03. The summed E-state index contributed by atoms with van der Waals surface area (Å²) in [5.74, 6) is -0.128. The molecule has 3 aromatic carbocycles. The van der Waals surface area contributed by atoms with Crippen molar-refractivity contribution in [3.05, 3.63) is 106 Å². The van der Waals surface area contributed by atoms with Crippen LogP contribution in [0.15, 0.2) is 72.8 Å². The SMILES string of the molecule is CCN(CC)CCCCC(c1ccccc1Cl)N1CCN(C(=O)[C@@H](Cc2ccc(C)cc2)NC(=O)CC2(C)NCc3ccccc32)CC1. The number of hydrogen-bond acceptors (Lipinski definition) is 5. The molecule has 0 bridgehead atoms. The van der Waals surface area contributed by atoms with Crippen LogP contribution in [0, 0.1) is 6.92 Å². The Hall–Kier alpha value is -3.23. The summed E-state index contributed by atoms with van der Waals surface area (Å²) < 4.78 is 0. The molecule has 2 amide bonds. The molecule has 2 heterocycles. The first-order valence-corrected chi connectivity index (χ1v) is 18.3. The van der Waals surface area contributed by atoms with Gasteiger partial charge in [0.1, 0.15) is 6.04 Å². The van der Waals surface area contributed by atoms with E-state index < -0.39 is 11.6 Å². The van der Waals surface area contributed by atoms with Crippen molar-refractivity contribution in [2.45, 2.75) is 84.0 Å². The maximum Gasteiger partial charge on any atom is 0.245 e. The quantitative estimate of drug-likeness (QED) is 0.181. The summed E-state index contributed by atoms with van der Waals surface area (Å²) in [6.45, 7) is 15.4. The fraction of sp³-hybridized carbons (Fsp3) is 0.500. The molecular weight excluding hydrogens is 618 g/mol. The molecule has 0 spiro atoms. The van der Waals surface area contributed by atoms with E-state index in [1.54, 1.807) is 0 Å². The van der Waals surface area contributed by atoms with Crippen LogP contribution in [0.1, 0.15) is 80.3 Å². The molecule has 1 fully saturated rings. The van der Waals surface area contributed by atoms with Crippen molar-refractivity contribution in [3.63, 3.8) is 0 Å². The third-order valence-electron chi connectivity index (χ3n) is 10.4. The van der Waals surface area contributed by atoms with Gasteiger partial charge in [-0.15, -0.1) is 0 Å². The van der Waals surface area contributed by atoms with Gasteiger partial charge in [0.05, 0.1) is 0 Å². The minimum Gasteiger partial charge on any atom is -0.344 e. The van der Waals surface area contributed by atoms with E-state index in [1.165, 1.54) is 16.7 Å². The van der Waals surface area contributed by atoms with Gasteiger partial charge in [-0.3, -0.25) is 14.5 Å². The molecule has 2 unspecified atom stereocenters. The lowest BCUT2D eigenvalue weighted by molar-refractivity contribution is -0.138. The Morgan fingerprint density at radius 2 is 1.62 bits per heavy atom. The van der Waals surface area contributed by atoms with E-state index in [4.69, 9.17) is 11.6 Å². The number of benzene rings is 3. The van der Waals surface area contributed by atoms with Crippen molar-refractivity contribution >= 4 is 23.4 Å². The van der Waals surface area contributed by atoms with Gasteiger partial charge in [-0.2, -0.15) is 0 Å². The zero-order chi connectivity index (χ0) is 34.1. The highest BCUT2D eigenvalue weighted by Gasteiger charge is 2.37. The number of aryl methyl sites for hydroxylation is 1. The molecule has 1 saturated heterocycles. The first-order chi connectivity index (χ1) is 23.2. The van der Waals surface area contributed by atoms with Gasteiger partial charge in [0.25, 0.3) is 0 Å². The van der Waals surface area contributed by atoms with Gasteiger partial charge in [0.15, 0.2) is 0 Å². The van der Waals surface area contributed by atoms with Crippen LogP contribution in [-0.4, -0.2) is 78.4 Å². The van der Waals surface area contributed by atoms with Crippen molar-refractivity contribution in [1.29, 1.82) is 0 Å². The highest BCUT2D eigenvalue weighted by Crippen LogP contribution is 2.34. The third-order valence-corrected chi connectivity index (χ3v) is 10.8. The molecule has 2 aliphatic rings. The van der Waals surface area contributed by atoms with Crippen LogP contribution >= 0.6 is 11.6 Å². The summed E-state index contributed by atoms with van der Waals surface area (Å²) in [5.41, 5.74) is 5.28. The monoisotopic (exact) mass is 671 g/mol. The predicted molar refractivity (Wildman–Crippen MR) is 196 cm³/mol. The lowest BCUT2D eigenvalue weighted by atomic mass is 9.89. The van der Waals surface area contributed by atoms with Gasteiger partial charge < -0.3 is 20.4 Å². The van der Waals surface area contributed by atoms with Gasteiger partial charge in [-0.1, -0.05) is 104 Å². The molecule has 8 heteroatoms. The second-order valence-electron chi connectivity index (χ2n) is 13.8. The average molecular weight is 672 g/mol. The Morgan fingerprint density at radius 3 is 2.33 bits per heavy atom. The number of piperazine rings is 1. The predicted octanol–water partition coefficient (Wildman–Crippen LogP) is 6.48. The Morgan fingerprint density at radius 1 is 0.938 bits per heavy atom. The molecule has 0 radical (unpaired) electrons. The first kappa shape index (κ1) is 36.1. The zero-order valence-corrected chi connectivity index (χ0v) is 30.1. The molecule has 3 atom stereocenters. The summed E-state index contributed by atoms with van der Waals surface area (Å²) in [6, 6.07) is 24.3. The van der Waals surface area contributed by atoms with E-state index >= 15 is 0 Å². The largest absolute Gasteiger partial charge is 0.344 e. The fourth-order valence-electron chi connectivity index (χ4n) is 7.45. The van der Waals surface area contributed by atoms with Crippen molar-refractivity contribution in [2.75, 3.05) is 45.8 Å². The van der Waals surface area contributed by atoms with Gasteiger partial charge in [0.2, 0.25) is 11.8 Å². The number of fused-ring (bicyclic) bond motifs is 1. The summed E-state index contributed by atoms with van der Waals surface area (Å²) in [4.78, 5) is 34.8. The number of hydrogen-bond donors (Lipinski definition) is 2. The van der Waals surface area contributed by atoms with E-state index in [9.17, 15) is 9.59 Å². The maximum absolute atomic E-state index is 14.2. The Kier molecular flexibility index (Phi) is 12.7. The second-order valence-corrected chi connectivity index (χ2v) is 14.2. The Bertz CT molecular complexity index is 1500. The van der Waals surface area contributed by atoms with Gasteiger partial charge >= 0.3 is 0 Å². The normalized spacial score (nSPS) is 19.2. The number of nitrogens with zero attached hydrogens (tertiary/aromatic N) is 3. The highest BCUT2D eigenvalue weighted by molar-refractivity contribution is 6.31. The average Bonchev–Trinajstić information content (AvgIpc) is 3.43. The van der Waals surface area contributed by atoms with E-state index in [2.05, 4.69) is 96.7 Å². The van der Waals surface area contributed by atoms with Crippen molar-refractivity contribution in [2.24, 2.45) is 0 Å². The number of carbonyl (C=O) groups is 2. The van der Waals surface area contributed by atoms with Crippen LogP contribution in [0.5, 0.6) is 0 Å². The summed E-state index contributed by atoms with van der Waals surface area (Å²) in [5, 5.41) is 7.52.